The zero-order valence-corrected chi connectivity index (χ0v) is 10.2. The molecule has 0 aliphatic carbocycles. The third-order valence-electron chi connectivity index (χ3n) is 3.35. The molecule has 1 unspecified atom stereocenters. The zero-order chi connectivity index (χ0) is 12.3. The second-order valence-electron chi connectivity index (χ2n) is 4.48. The lowest BCUT2D eigenvalue weighted by atomic mass is 10.2. The van der Waals surface area contributed by atoms with Gasteiger partial charge in [0.05, 0.1) is 6.04 Å². The Bertz CT molecular complexity index is 308. The van der Waals surface area contributed by atoms with E-state index in [1.807, 2.05) is 16.7 Å². The van der Waals surface area contributed by atoms with Crippen molar-refractivity contribution >= 4 is 11.9 Å². The topological polar surface area (TPSA) is 64.7 Å². The average Bonchev–Trinajstić information content (AvgIpc) is 2.71. The molecule has 0 aromatic carbocycles. The number of fused-ring (bicyclic) bond motifs is 1. The van der Waals surface area contributed by atoms with Crippen LogP contribution in [0.2, 0.25) is 0 Å². The zero-order valence-electron chi connectivity index (χ0n) is 10.2. The van der Waals surface area contributed by atoms with Gasteiger partial charge in [-0.15, -0.1) is 0 Å². The maximum absolute atomic E-state index is 11.9. The second-order valence-corrected chi connectivity index (χ2v) is 4.48. The van der Waals surface area contributed by atoms with Crippen molar-refractivity contribution in [3.8, 4) is 0 Å². The molecule has 0 saturated carbocycles. The van der Waals surface area contributed by atoms with Gasteiger partial charge in [0.1, 0.15) is 0 Å². The van der Waals surface area contributed by atoms with E-state index >= 15 is 0 Å². The van der Waals surface area contributed by atoms with Crippen LogP contribution in [-0.4, -0.2) is 67.0 Å². The first kappa shape index (κ1) is 12.2. The van der Waals surface area contributed by atoms with Crippen LogP contribution in [0.3, 0.4) is 0 Å². The fourth-order valence-corrected chi connectivity index (χ4v) is 2.36. The lowest BCUT2D eigenvalue weighted by molar-refractivity contribution is -0.133. The third kappa shape index (κ3) is 2.69. The highest BCUT2D eigenvalue weighted by Crippen LogP contribution is 2.14. The van der Waals surface area contributed by atoms with E-state index in [-0.39, 0.29) is 18.0 Å². The smallest absolute Gasteiger partial charge is 0.317 e. The maximum atomic E-state index is 11.9. The van der Waals surface area contributed by atoms with Crippen molar-refractivity contribution in [1.29, 1.82) is 0 Å². The number of carbonyl (C=O) groups is 2. The Morgan fingerprint density at radius 3 is 3.12 bits per heavy atom. The first-order chi connectivity index (χ1) is 8.22. The van der Waals surface area contributed by atoms with Gasteiger partial charge in [-0.3, -0.25) is 4.79 Å². The quantitative estimate of drug-likeness (QED) is 0.634. The fourth-order valence-electron chi connectivity index (χ4n) is 2.36. The first-order valence-electron chi connectivity index (χ1n) is 6.25. The molecule has 0 spiro atoms. The Morgan fingerprint density at radius 2 is 2.35 bits per heavy atom. The van der Waals surface area contributed by atoms with Gasteiger partial charge in [-0.05, 0) is 6.54 Å². The number of carbonyl (C=O) groups excluding carboxylic acids is 2. The van der Waals surface area contributed by atoms with Crippen molar-refractivity contribution in [2.24, 2.45) is 0 Å². The van der Waals surface area contributed by atoms with Gasteiger partial charge < -0.3 is 20.4 Å². The average molecular weight is 240 g/mol. The summed E-state index contributed by atoms with van der Waals surface area (Å²) in [4.78, 5) is 27.0. The molecule has 3 amide bonds. The van der Waals surface area contributed by atoms with E-state index in [4.69, 9.17) is 0 Å². The van der Waals surface area contributed by atoms with Crippen LogP contribution in [0.4, 0.5) is 4.79 Å². The molecule has 0 aromatic rings. The van der Waals surface area contributed by atoms with Gasteiger partial charge in [0.2, 0.25) is 5.91 Å². The predicted octanol–water partition coefficient (Wildman–Crippen LogP) is -0.778. The van der Waals surface area contributed by atoms with E-state index in [9.17, 15) is 9.59 Å². The van der Waals surface area contributed by atoms with Crippen LogP contribution in [0.1, 0.15) is 13.3 Å². The van der Waals surface area contributed by atoms with Gasteiger partial charge in [0, 0.05) is 39.1 Å². The Kier molecular flexibility index (Phi) is 3.83. The van der Waals surface area contributed by atoms with Crippen LogP contribution >= 0.6 is 0 Å². The summed E-state index contributed by atoms with van der Waals surface area (Å²) >= 11 is 0. The van der Waals surface area contributed by atoms with Crippen molar-refractivity contribution < 1.29 is 9.59 Å². The minimum absolute atomic E-state index is 0.00903. The summed E-state index contributed by atoms with van der Waals surface area (Å²) in [6.45, 7) is 6.30. The number of nitrogens with zero attached hydrogens (tertiary/aromatic N) is 2. The van der Waals surface area contributed by atoms with E-state index in [1.165, 1.54) is 0 Å². The first-order valence-corrected chi connectivity index (χ1v) is 6.25. The largest absolute Gasteiger partial charge is 0.339 e. The molecule has 96 valence electrons. The van der Waals surface area contributed by atoms with Crippen LogP contribution in [0, 0.1) is 0 Å². The monoisotopic (exact) mass is 240 g/mol. The van der Waals surface area contributed by atoms with Gasteiger partial charge in [0.15, 0.2) is 0 Å². The summed E-state index contributed by atoms with van der Waals surface area (Å²) in [7, 11) is 0. The molecule has 0 bridgehead atoms. The summed E-state index contributed by atoms with van der Waals surface area (Å²) in [5.41, 5.74) is 0. The van der Waals surface area contributed by atoms with Crippen molar-refractivity contribution in [3.63, 3.8) is 0 Å². The summed E-state index contributed by atoms with van der Waals surface area (Å²) in [6.07, 6.45) is 0.544. The molecular formula is C11H20N4O2. The molecule has 6 nitrogen and oxygen atoms in total. The summed E-state index contributed by atoms with van der Waals surface area (Å²) in [5, 5.41) is 5.96. The SMILES string of the molecule is CCNCCC(=O)N1CCN2C(=O)NCC2C1. The molecule has 2 fully saturated rings. The molecule has 2 aliphatic heterocycles. The number of nitrogens with one attached hydrogen (secondary N) is 2. The molecule has 2 saturated heterocycles. The number of rotatable bonds is 4. The molecule has 0 radical (unpaired) electrons. The van der Waals surface area contributed by atoms with Gasteiger partial charge >= 0.3 is 6.03 Å². The Labute approximate surface area is 101 Å². The third-order valence-corrected chi connectivity index (χ3v) is 3.35. The van der Waals surface area contributed by atoms with Crippen LogP contribution in [0.15, 0.2) is 0 Å². The number of amides is 3. The number of urea groups is 1. The van der Waals surface area contributed by atoms with E-state index in [2.05, 4.69) is 10.6 Å². The molecule has 1 atom stereocenters. The Morgan fingerprint density at radius 1 is 1.53 bits per heavy atom. The van der Waals surface area contributed by atoms with E-state index < -0.39 is 0 Å². The highest BCUT2D eigenvalue weighted by molar-refractivity contribution is 5.79. The van der Waals surface area contributed by atoms with Gasteiger partial charge in [-0.2, -0.15) is 0 Å². The molecule has 6 heteroatoms. The van der Waals surface area contributed by atoms with E-state index in [0.717, 1.165) is 13.1 Å². The molecular weight excluding hydrogens is 220 g/mol. The van der Waals surface area contributed by atoms with Gasteiger partial charge in [-0.25, -0.2) is 4.79 Å². The fraction of sp³-hybridized carbons (Fsp3) is 0.818. The highest BCUT2D eigenvalue weighted by Gasteiger charge is 2.36. The molecule has 2 heterocycles. The minimum Gasteiger partial charge on any atom is -0.339 e. The highest BCUT2D eigenvalue weighted by atomic mass is 16.2. The minimum atomic E-state index is 0.00903. The number of hydrogen-bond acceptors (Lipinski definition) is 3. The van der Waals surface area contributed by atoms with E-state index in [1.54, 1.807) is 0 Å². The molecule has 2 rings (SSSR count). The van der Waals surface area contributed by atoms with Crippen molar-refractivity contribution in [3.05, 3.63) is 0 Å². The molecule has 17 heavy (non-hydrogen) atoms. The predicted molar refractivity (Wildman–Crippen MR) is 63.6 cm³/mol. The van der Waals surface area contributed by atoms with Crippen LogP contribution in [-0.2, 0) is 4.79 Å². The summed E-state index contributed by atoms with van der Waals surface area (Å²) in [6, 6.07) is 0.175. The Balaban J connectivity index is 1.80. The lowest BCUT2D eigenvalue weighted by Crippen LogP contribution is -2.54. The Hall–Kier alpha value is -1.30. The van der Waals surface area contributed by atoms with Gasteiger partial charge in [-0.1, -0.05) is 6.92 Å². The van der Waals surface area contributed by atoms with Crippen molar-refractivity contribution in [1.82, 2.24) is 20.4 Å². The van der Waals surface area contributed by atoms with Crippen LogP contribution < -0.4 is 10.6 Å². The molecule has 0 aromatic heterocycles. The van der Waals surface area contributed by atoms with Crippen LogP contribution in [0.5, 0.6) is 0 Å². The summed E-state index contributed by atoms with van der Waals surface area (Å²) < 4.78 is 0. The summed E-state index contributed by atoms with van der Waals surface area (Å²) in [5.74, 6) is 0.185. The van der Waals surface area contributed by atoms with E-state index in [0.29, 0.717) is 32.6 Å². The lowest BCUT2D eigenvalue weighted by Gasteiger charge is -2.36. The molecule has 2 aliphatic rings. The maximum Gasteiger partial charge on any atom is 0.317 e. The van der Waals surface area contributed by atoms with Gasteiger partial charge in [0.25, 0.3) is 0 Å². The second kappa shape index (κ2) is 5.35. The number of hydrogen-bond donors (Lipinski definition) is 2. The molecule has 2 N–H and O–H groups in total. The standard InChI is InChI=1S/C11H20N4O2/c1-2-12-4-3-10(16)14-5-6-15-9(8-14)7-13-11(15)17/h9,12H,2-8H2,1H3,(H,13,17). The van der Waals surface area contributed by atoms with Crippen LogP contribution in [0.25, 0.3) is 0 Å². The number of piperazine rings is 1. The van der Waals surface area contributed by atoms with Crippen molar-refractivity contribution in [2.75, 3.05) is 39.3 Å². The normalized spacial score (nSPS) is 23.6. The van der Waals surface area contributed by atoms with Crippen molar-refractivity contribution in [2.45, 2.75) is 19.4 Å².